The topological polar surface area (TPSA) is 38.3 Å². The second-order valence-electron chi connectivity index (χ2n) is 7.35. The molecule has 0 radical (unpaired) electrons. The number of hydrogen-bond acceptors (Lipinski definition) is 2. The van der Waals surface area contributed by atoms with Gasteiger partial charge in [-0.1, -0.05) is 54.6 Å². The Labute approximate surface area is 160 Å². The number of ether oxygens (including phenoxy) is 1. The van der Waals surface area contributed by atoms with Crippen molar-refractivity contribution in [3.05, 3.63) is 77.4 Å². The van der Waals surface area contributed by atoms with Gasteiger partial charge in [0.25, 0.3) is 5.91 Å². The molecule has 3 heteroatoms. The van der Waals surface area contributed by atoms with Gasteiger partial charge in [0.05, 0.1) is 6.04 Å². The molecular formula is C24H25NO2. The molecule has 0 spiro atoms. The number of aryl methyl sites for hydroxylation is 2. The number of fused-ring (bicyclic) bond motifs is 2. The van der Waals surface area contributed by atoms with Gasteiger partial charge >= 0.3 is 0 Å². The van der Waals surface area contributed by atoms with E-state index in [0.29, 0.717) is 0 Å². The number of nitrogens with one attached hydrogen (secondary N) is 1. The first-order chi connectivity index (χ1) is 13.1. The molecule has 1 amide bonds. The lowest BCUT2D eigenvalue weighted by Crippen LogP contribution is -2.37. The maximum atomic E-state index is 12.7. The van der Waals surface area contributed by atoms with Crippen LogP contribution in [0.1, 0.15) is 43.0 Å². The molecule has 0 bridgehead atoms. The van der Waals surface area contributed by atoms with Gasteiger partial charge in [0.2, 0.25) is 0 Å². The molecule has 0 heterocycles. The zero-order chi connectivity index (χ0) is 18.8. The van der Waals surface area contributed by atoms with E-state index in [9.17, 15) is 4.79 Å². The summed E-state index contributed by atoms with van der Waals surface area (Å²) < 4.78 is 5.99. The summed E-state index contributed by atoms with van der Waals surface area (Å²) in [5.74, 6) is 0.636. The van der Waals surface area contributed by atoms with Crippen LogP contribution in [0.5, 0.6) is 5.75 Å². The second kappa shape index (κ2) is 7.43. The number of rotatable bonds is 5. The molecule has 27 heavy (non-hydrogen) atoms. The highest BCUT2D eigenvalue weighted by atomic mass is 16.5. The summed E-state index contributed by atoms with van der Waals surface area (Å²) in [6, 6.07) is 20.5. The highest BCUT2D eigenvalue weighted by molar-refractivity contribution is 5.89. The molecule has 4 rings (SSSR count). The van der Waals surface area contributed by atoms with Crippen molar-refractivity contribution < 1.29 is 9.53 Å². The van der Waals surface area contributed by atoms with E-state index in [1.807, 2.05) is 49.4 Å². The van der Waals surface area contributed by atoms with Crippen LogP contribution in [0, 0.1) is 0 Å². The predicted molar refractivity (Wildman–Crippen MR) is 109 cm³/mol. The summed E-state index contributed by atoms with van der Waals surface area (Å²) in [5.41, 5.74) is 4.03. The fourth-order valence-corrected chi connectivity index (χ4v) is 3.82. The van der Waals surface area contributed by atoms with Crippen molar-refractivity contribution in [1.29, 1.82) is 0 Å². The highest BCUT2D eigenvalue weighted by Crippen LogP contribution is 2.27. The number of carbonyl (C=O) groups is 1. The number of benzene rings is 3. The number of carbonyl (C=O) groups excluding carboxylic acids is 1. The minimum Gasteiger partial charge on any atom is -0.480 e. The molecule has 1 aliphatic rings. The summed E-state index contributed by atoms with van der Waals surface area (Å²) in [7, 11) is 0. The first-order valence-electron chi connectivity index (χ1n) is 9.68. The SMILES string of the molecule is C[C@H](Oc1cccc2ccccc12)C(=O)N[C@@H](C)c1ccc2c(c1)CCC2. The Hall–Kier alpha value is -2.81. The van der Waals surface area contributed by atoms with E-state index < -0.39 is 6.10 Å². The molecule has 3 nitrogen and oxygen atoms in total. The molecule has 0 aliphatic heterocycles. The van der Waals surface area contributed by atoms with Crippen molar-refractivity contribution in [3.8, 4) is 5.75 Å². The molecule has 3 aromatic rings. The molecule has 0 fully saturated rings. The van der Waals surface area contributed by atoms with Crippen LogP contribution in [0.4, 0.5) is 0 Å². The van der Waals surface area contributed by atoms with Crippen molar-refractivity contribution in [1.82, 2.24) is 5.32 Å². The van der Waals surface area contributed by atoms with Gasteiger partial charge in [-0.2, -0.15) is 0 Å². The largest absolute Gasteiger partial charge is 0.480 e. The van der Waals surface area contributed by atoms with Gasteiger partial charge in [-0.15, -0.1) is 0 Å². The lowest BCUT2D eigenvalue weighted by atomic mass is 10.0. The molecule has 0 saturated heterocycles. The van der Waals surface area contributed by atoms with Gasteiger partial charge in [0.15, 0.2) is 6.10 Å². The van der Waals surface area contributed by atoms with Gasteiger partial charge in [-0.25, -0.2) is 0 Å². The van der Waals surface area contributed by atoms with Gasteiger partial charge in [-0.05, 0) is 61.3 Å². The molecule has 0 aromatic heterocycles. The molecule has 1 N–H and O–H groups in total. The Morgan fingerprint density at radius 1 is 0.963 bits per heavy atom. The quantitative estimate of drug-likeness (QED) is 0.698. The Bertz CT molecular complexity index is 974. The molecule has 0 unspecified atom stereocenters. The summed E-state index contributed by atoms with van der Waals surface area (Å²) in [5, 5.41) is 5.22. The van der Waals surface area contributed by atoms with Crippen LogP contribution in [0.15, 0.2) is 60.7 Å². The Kier molecular flexibility index (Phi) is 4.85. The van der Waals surface area contributed by atoms with Crippen molar-refractivity contribution in [2.75, 3.05) is 0 Å². The fraction of sp³-hybridized carbons (Fsp3) is 0.292. The lowest BCUT2D eigenvalue weighted by molar-refractivity contribution is -0.127. The molecule has 2 atom stereocenters. The minimum absolute atomic E-state index is 0.0398. The lowest BCUT2D eigenvalue weighted by Gasteiger charge is -2.20. The molecule has 0 saturated carbocycles. The molecular weight excluding hydrogens is 334 g/mol. The summed E-state index contributed by atoms with van der Waals surface area (Å²) in [4.78, 5) is 12.7. The summed E-state index contributed by atoms with van der Waals surface area (Å²) in [6.45, 7) is 3.83. The third-order valence-corrected chi connectivity index (χ3v) is 5.40. The zero-order valence-electron chi connectivity index (χ0n) is 15.9. The van der Waals surface area contributed by atoms with Crippen LogP contribution in [-0.2, 0) is 17.6 Å². The van der Waals surface area contributed by atoms with Gasteiger partial charge < -0.3 is 10.1 Å². The maximum Gasteiger partial charge on any atom is 0.261 e. The van der Waals surface area contributed by atoms with E-state index in [-0.39, 0.29) is 11.9 Å². The van der Waals surface area contributed by atoms with E-state index in [0.717, 1.165) is 28.5 Å². The van der Waals surface area contributed by atoms with Crippen molar-refractivity contribution in [2.45, 2.75) is 45.3 Å². The second-order valence-corrected chi connectivity index (χ2v) is 7.35. The van der Waals surface area contributed by atoms with E-state index in [1.54, 1.807) is 6.92 Å². The van der Waals surface area contributed by atoms with Crippen LogP contribution < -0.4 is 10.1 Å². The van der Waals surface area contributed by atoms with Crippen molar-refractivity contribution >= 4 is 16.7 Å². The van der Waals surface area contributed by atoms with E-state index in [2.05, 4.69) is 23.5 Å². The first-order valence-corrected chi connectivity index (χ1v) is 9.68. The van der Waals surface area contributed by atoms with Crippen molar-refractivity contribution in [3.63, 3.8) is 0 Å². The van der Waals surface area contributed by atoms with Crippen LogP contribution in [0.3, 0.4) is 0 Å². The van der Waals surface area contributed by atoms with E-state index in [4.69, 9.17) is 4.74 Å². The monoisotopic (exact) mass is 359 g/mol. The van der Waals surface area contributed by atoms with E-state index >= 15 is 0 Å². The highest BCUT2D eigenvalue weighted by Gasteiger charge is 2.20. The average molecular weight is 359 g/mol. The normalized spacial score (nSPS) is 15.2. The number of hydrogen-bond donors (Lipinski definition) is 1. The Morgan fingerprint density at radius 3 is 2.63 bits per heavy atom. The predicted octanol–water partition coefficient (Wildman–Crippen LogP) is 4.97. The molecule has 1 aliphatic carbocycles. The van der Waals surface area contributed by atoms with Crippen molar-refractivity contribution in [2.24, 2.45) is 0 Å². The summed E-state index contributed by atoms with van der Waals surface area (Å²) in [6.07, 6.45) is 2.99. The molecule has 138 valence electrons. The Morgan fingerprint density at radius 2 is 1.74 bits per heavy atom. The fourth-order valence-electron chi connectivity index (χ4n) is 3.82. The smallest absolute Gasteiger partial charge is 0.261 e. The van der Waals surface area contributed by atoms with Gasteiger partial charge in [-0.3, -0.25) is 4.79 Å². The van der Waals surface area contributed by atoms with E-state index in [1.165, 1.54) is 24.0 Å². The third kappa shape index (κ3) is 3.68. The van der Waals surface area contributed by atoms with Gasteiger partial charge in [0.1, 0.15) is 5.75 Å². The first kappa shape index (κ1) is 17.6. The standard InChI is InChI=1S/C24H25NO2/c1-16(20-14-13-18-8-5-10-21(18)15-20)25-24(26)17(2)27-23-12-6-9-19-7-3-4-11-22(19)23/h3-4,6-7,9,11-17H,5,8,10H2,1-2H3,(H,25,26)/t16-,17-/m0/s1. The maximum absolute atomic E-state index is 12.7. The Balaban J connectivity index is 1.44. The van der Waals surface area contributed by atoms with Crippen LogP contribution in [0.25, 0.3) is 10.8 Å². The summed E-state index contributed by atoms with van der Waals surface area (Å²) >= 11 is 0. The minimum atomic E-state index is -0.562. The van der Waals surface area contributed by atoms with Gasteiger partial charge in [0, 0.05) is 5.39 Å². The zero-order valence-corrected chi connectivity index (χ0v) is 15.9. The van der Waals surface area contributed by atoms with Crippen LogP contribution >= 0.6 is 0 Å². The molecule has 3 aromatic carbocycles. The third-order valence-electron chi connectivity index (χ3n) is 5.40. The van der Waals surface area contributed by atoms with Crippen LogP contribution in [0.2, 0.25) is 0 Å². The number of amides is 1. The average Bonchev–Trinajstić information content (AvgIpc) is 3.16. The van der Waals surface area contributed by atoms with Crippen LogP contribution in [-0.4, -0.2) is 12.0 Å².